The number of fused-ring (bicyclic) bond motifs is 1. The van der Waals surface area contributed by atoms with Crippen molar-refractivity contribution in [2.24, 2.45) is 0 Å². The van der Waals surface area contributed by atoms with E-state index in [9.17, 15) is 9.90 Å². The van der Waals surface area contributed by atoms with Crippen LogP contribution >= 0.6 is 0 Å². The summed E-state index contributed by atoms with van der Waals surface area (Å²) in [5.74, 6) is 0.607. The van der Waals surface area contributed by atoms with Gasteiger partial charge in [0.2, 0.25) is 0 Å². The summed E-state index contributed by atoms with van der Waals surface area (Å²) in [6.07, 6.45) is 5.79. The van der Waals surface area contributed by atoms with Crippen molar-refractivity contribution in [3.8, 4) is 5.75 Å². The van der Waals surface area contributed by atoms with Crippen LogP contribution < -0.4 is 4.74 Å². The Balaban J connectivity index is 1.61. The van der Waals surface area contributed by atoms with Crippen LogP contribution in [0, 0.1) is 13.8 Å². The number of aromatic nitrogens is 1. The normalized spacial score (nSPS) is 22.3. The number of rotatable bonds is 3. The maximum atomic E-state index is 13.1. The molecule has 2 atom stereocenters. The van der Waals surface area contributed by atoms with Crippen molar-refractivity contribution in [2.75, 3.05) is 6.73 Å². The molecule has 5 nitrogen and oxygen atoms in total. The van der Waals surface area contributed by atoms with E-state index in [1.807, 2.05) is 38.2 Å². The van der Waals surface area contributed by atoms with Gasteiger partial charge in [0.25, 0.3) is 5.91 Å². The third kappa shape index (κ3) is 3.56. The molecule has 1 aromatic carbocycles. The van der Waals surface area contributed by atoms with Crippen LogP contribution in [-0.2, 0) is 6.42 Å². The third-order valence-corrected chi connectivity index (χ3v) is 5.75. The molecular formula is C22H26N2O3. The number of hydrogen-bond donors (Lipinski definition) is 1. The molecule has 1 fully saturated rings. The van der Waals surface area contributed by atoms with E-state index < -0.39 is 6.10 Å². The van der Waals surface area contributed by atoms with Crippen LogP contribution in [0.1, 0.15) is 58.4 Å². The highest BCUT2D eigenvalue weighted by Gasteiger charge is 2.36. The summed E-state index contributed by atoms with van der Waals surface area (Å²) in [5.41, 5.74) is 4.91. The number of pyridine rings is 1. The zero-order valence-corrected chi connectivity index (χ0v) is 15.9. The van der Waals surface area contributed by atoms with Crippen LogP contribution in [0.3, 0.4) is 0 Å². The fourth-order valence-electron chi connectivity index (χ4n) is 4.08. The van der Waals surface area contributed by atoms with Crippen molar-refractivity contribution in [1.29, 1.82) is 0 Å². The number of aliphatic hydroxyl groups is 1. The van der Waals surface area contributed by atoms with Crippen LogP contribution in [0.15, 0.2) is 30.5 Å². The maximum absolute atomic E-state index is 13.1. The average molecular weight is 366 g/mol. The molecular weight excluding hydrogens is 340 g/mol. The van der Waals surface area contributed by atoms with Gasteiger partial charge in [-0.05, 0) is 68.0 Å². The van der Waals surface area contributed by atoms with E-state index >= 15 is 0 Å². The van der Waals surface area contributed by atoms with Crippen LogP contribution in [0.2, 0.25) is 0 Å². The minimum absolute atomic E-state index is 0.0366. The van der Waals surface area contributed by atoms with Crippen LogP contribution in [0.25, 0.3) is 0 Å². The lowest BCUT2D eigenvalue weighted by Gasteiger charge is -2.39. The second-order valence-corrected chi connectivity index (χ2v) is 7.73. The quantitative estimate of drug-likeness (QED) is 0.904. The first kappa shape index (κ1) is 18.0. The van der Waals surface area contributed by atoms with E-state index in [0.717, 1.165) is 54.5 Å². The van der Waals surface area contributed by atoms with Crippen molar-refractivity contribution >= 4 is 5.91 Å². The number of hydrogen-bond acceptors (Lipinski definition) is 4. The van der Waals surface area contributed by atoms with Crippen LogP contribution in [0.5, 0.6) is 5.75 Å². The fourth-order valence-corrected chi connectivity index (χ4v) is 4.08. The average Bonchev–Trinajstić information content (AvgIpc) is 2.66. The van der Waals surface area contributed by atoms with Gasteiger partial charge in [0.1, 0.15) is 5.75 Å². The summed E-state index contributed by atoms with van der Waals surface area (Å²) in [4.78, 5) is 19.2. The number of aliphatic hydroxyl groups excluding tert-OH is 1. The highest BCUT2D eigenvalue weighted by Crippen LogP contribution is 2.33. The lowest BCUT2D eigenvalue weighted by atomic mass is 9.90. The summed E-state index contributed by atoms with van der Waals surface area (Å²) >= 11 is 0. The number of carbonyl (C=O) groups is 1. The summed E-state index contributed by atoms with van der Waals surface area (Å²) in [5, 5.41) is 10.3. The zero-order valence-electron chi connectivity index (χ0n) is 15.9. The SMILES string of the molecule is Cc1ccc(Cc2cc3c(cc2C)OCN([C@@H]2CCCC[C@H]2O)C3=O)cn1. The Bertz CT molecular complexity index is 847. The largest absolute Gasteiger partial charge is 0.472 e. The predicted octanol–water partition coefficient (Wildman–Crippen LogP) is 3.38. The monoisotopic (exact) mass is 366 g/mol. The Morgan fingerprint density at radius 2 is 2.04 bits per heavy atom. The summed E-state index contributed by atoms with van der Waals surface area (Å²) in [6.45, 7) is 4.23. The van der Waals surface area contributed by atoms with Crippen LogP contribution in [-0.4, -0.2) is 39.8 Å². The van der Waals surface area contributed by atoms with Crippen molar-refractivity contribution in [2.45, 2.75) is 58.1 Å². The molecule has 0 saturated heterocycles. The number of benzene rings is 1. The fraction of sp³-hybridized carbons (Fsp3) is 0.455. The van der Waals surface area contributed by atoms with Gasteiger partial charge in [-0.3, -0.25) is 14.7 Å². The minimum atomic E-state index is -0.462. The van der Waals surface area contributed by atoms with E-state index in [-0.39, 0.29) is 18.7 Å². The van der Waals surface area contributed by atoms with Crippen molar-refractivity contribution in [1.82, 2.24) is 9.88 Å². The molecule has 5 heteroatoms. The van der Waals surface area contributed by atoms with E-state index in [0.29, 0.717) is 11.3 Å². The Morgan fingerprint density at radius 3 is 2.78 bits per heavy atom. The summed E-state index contributed by atoms with van der Waals surface area (Å²) < 4.78 is 5.89. The first-order chi connectivity index (χ1) is 13.0. The molecule has 4 rings (SSSR count). The number of ether oxygens (including phenoxy) is 1. The van der Waals surface area contributed by atoms with Gasteiger partial charge in [-0.15, -0.1) is 0 Å². The standard InChI is InChI=1S/C22H26N2O3/c1-14-9-21-18(11-17(14)10-16-8-7-15(2)23-12-16)22(26)24(13-27-21)19-5-3-4-6-20(19)25/h7-9,11-12,19-20,25H,3-6,10,13H2,1-2H3/t19-,20-/m1/s1. The van der Waals surface area contributed by atoms with Gasteiger partial charge >= 0.3 is 0 Å². The van der Waals surface area contributed by atoms with Crippen molar-refractivity contribution in [3.05, 3.63) is 58.4 Å². The van der Waals surface area contributed by atoms with E-state index in [1.54, 1.807) is 4.90 Å². The van der Waals surface area contributed by atoms with Gasteiger partial charge in [-0.25, -0.2) is 0 Å². The van der Waals surface area contributed by atoms with Gasteiger partial charge in [0.15, 0.2) is 6.73 Å². The number of nitrogens with zero attached hydrogens (tertiary/aromatic N) is 2. The Hall–Kier alpha value is -2.40. The summed E-state index contributed by atoms with van der Waals surface area (Å²) in [6, 6.07) is 7.84. The van der Waals surface area contributed by atoms with Crippen molar-refractivity contribution in [3.63, 3.8) is 0 Å². The van der Waals surface area contributed by atoms with Gasteiger partial charge in [-0.2, -0.15) is 0 Å². The maximum Gasteiger partial charge on any atom is 0.260 e. The molecule has 1 saturated carbocycles. The van der Waals surface area contributed by atoms with Gasteiger partial charge < -0.3 is 9.84 Å². The molecule has 27 heavy (non-hydrogen) atoms. The highest BCUT2D eigenvalue weighted by atomic mass is 16.5. The molecule has 2 heterocycles. The van der Waals surface area contributed by atoms with E-state index in [4.69, 9.17) is 4.74 Å². The number of carbonyl (C=O) groups excluding carboxylic acids is 1. The van der Waals surface area contributed by atoms with Crippen LogP contribution in [0.4, 0.5) is 0 Å². The van der Waals surface area contributed by atoms with E-state index in [1.165, 1.54) is 0 Å². The highest BCUT2D eigenvalue weighted by molar-refractivity contribution is 5.98. The lowest BCUT2D eigenvalue weighted by molar-refractivity contribution is -0.0124. The van der Waals surface area contributed by atoms with Gasteiger partial charge in [0.05, 0.1) is 17.7 Å². The van der Waals surface area contributed by atoms with Crippen molar-refractivity contribution < 1.29 is 14.6 Å². The van der Waals surface area contributed by atoms with E-state index in [2.05, 4.69) is 11.1 Å². The Morgan fingerprint density at radius 1 is 1.22 bits per heavy atom. The molecule has 0 spiro atoms. The molecule has 2 aromatic rings. The topological polar surface area (TPSA) is 62.7 Å². The number of aryl methyl sites for hydroxylation is 2. The van der Waals surface area contributed by atoms with Gasteiger partial charge in [0, 0.05) is 11.9 Å². The number of amides is 1. The molecule has 1 aliphatic carbocycles. The molecule has 2 aliphatic rings. The second kappa shape index (κ2) is 7.31. The molecule has 1 aliphatic heterocycles. The Labute approximate surface area is 160 Å². The third-order valence-electron chi connectivity index (χ3n) is 5.75. The molecule has 0 bridgehead atoms. The smallest absolute Gasteiger partial charge is 0.260 e. The lowest BCUT2D eigenvalue weighted by Crippen LogP contribution is -2.51. The molecule has 142 valence electrons. The Kier molecular flexibility index (Phi) is 4.87. The first-order valence-electron chi connectivity index (χ1n) is 9.70. The minimum Gasteiger partial charge on any atom is -0.472 e. The first-order valence-corrected chi connectivity index (χ1v) is 9.70. The second-order valence-electron chi connectivity index (χ2n) is 7.73. The molecule has 0 radical (unpaired) electrons. The molecule has 1 amide bonds. The van der Waals surface area contributed by atoms with Gasteiger partial charge in [-0.1, -0.05) is 18.9 Å². The predicted molar refractivity (Wildman–Crippen MR) is 103 cm³/mol. The summed E-state index contributed by atoms with van der Waals surface area (Å²) in [7, 11) is 0. The molecule has 0 unspecified atom stereocenters. The zero-order chi connectivity index (χ0) is 19.0. The molecule has 1 aromatic heterocycles. The molecule has 1 N–H and O–H groups in total.